The molecule has 0 N–H and O–H groups in total. The number of rotatable bonds is 6. The first-order chi connectivity index (χ1) is 23.4. The van der Waals surface area contributed by atoms with Crippen LogP contribution in [-0.2, 0) is 25.7 Å². The van der Waals surface area contributed by atoms with E-state index in [0.717, 1.165) is 98.5 Å². The Labute approximate surface area is 283 Å². The fraction of sp³-hybridized carbons (Fsp3) is 0.400. The lowest BCUT2D eigenvalue weighted by atomic mass is 9.86. The Morgan fingerprint density at radius 3 is 2.25 bits per heavy atom. The Hall–Kier alpha value is -4.24. The van der Waals surface area contributed by atoms with Gasteiger partial charge in [-0.2, -0.15) is 0 Å². The highest BCUT2D eigenvalue weighted by atomic mass is 16.6. The summed E-state index contributed by atoms with van der Waals surface area (Å²) in [6, 6.07) is 21.7. The molecule has 250 valence electrons. The number of likely N-dealkylation sites (N-methyl/N-ethyl adjacent to an activating group) is 1. The molecule has 0 aliphatic carbocycles. The summed E-state index contributed by atoms with van der Waals surface area (Å²) in [6.07, 6.45) is 4.64. The van der Waals surface area contributed by atoms with Crippen molar-refractivity contribution in [1.29, 1.82) is 0 Å². The molecule has 5 heterocycles. The van der Waals surface area contributed by atoms with Crippen molar-refractivity contribution < 1.29 is 23.7 Å². The van der Waals surface area contributed by atoms with Crippen molar-refractivity contribution in [3.8, 4) is 46.0 Å². The molecule has 4 aromatic rings. The molecule has 4 aromatic carbocycles. The molecule has 8 nitrogen and oxygen atoms in total. The Kier molecular flexibility index (Phi) is 8.19. The summed E-state index contributed by atoms with van der Waals surface area (Å²) in [4.78, 5) is 7.34. The number of benzene rings is 4. The van der Waals surface area contributed by atoms with Crippen molar-refractivity contribution in [2.75, 3.05) is 61.5 Å². The van der Waals surface area contributed by atoms with Gasteiger partial charge < -0.3 is 28.6 Å². The number of hydrogen-bond acceptors (Lipinski definition) is 8. The molecule has 0 saturated carbocycles. The summed E-state index contributed by atoms with van der Waals surface area (Å²) < 4.78 is 32.0. The van der Waals surface area contributed by atoms with E-state index in [2.05, 4.69) is 90.4 Å². The maximum atomic E-state index is 7.01. The van der Waals surface area contributed by atoms with Crippen LogP contribution in [0.1, 0.15) is 51.9 Å². The molecule has 2 unspecified atom stereocenters. The third-order valence-electron chi connectivity index (χ3n) is 10.5. The summed E-state index contributed by atoms with van der Waals surface area (Å²) in [6.45, 7) is 4.01. The standard InChI is InChI=1S/C40H45N3O5/c1-41(2)15-6-16-43-18-14-27-22-35-36-24-30(27)31(43)20-26-9-12-33(44-4)34(21-26)46-29-10-7-25(8-11-29)19-32-38-28(13-17-42(32)3)23-37(45-5)39(47-35)40(38)48-36/h7-12,21-24,31-32H,6,13-20H2,1-5H3. The van der Waals surface area contributed by atoms with Crippen LogP contribution >= 0.6 is 0 Å². The average Bonchev–Trinajstić information content (AvgIpc) is 3.08. The fourth-order valence-corrected chi connectivity index (χ4v) is 7.97. The molecular weight excluding hydrogens is 602 g/mol. The molecule has 8 heteroatoms. The Bertz CT molecular complexity index is 1840. The average molecular weight is 648 g/mol. The van der Waals surface area contributed by atoms with Crippen molar-refractivity contribution >= 4 is 0 Å². The molecule has 5 aliphatic rings. The number of nitrogens with zero attached hydrogens (tertiary/aromatic N) is 3. The Morgan fingerprint density at radius 1 is 0.729 bits per heavy atom. The van der Waals surface area contributed by atoms with E-state index in [0.29, 0.717) is 5.75 Å². The molecule has 0 fully saturated rings. The van der Waals surface area contributed by atoms with Gasteiger partial charge in [0.25, 0.3) is 0 Å². The molecular formula is C40H45N3O5. The molecule has 9 rings (SSSR count). The first-order valence-electron chi connectivity index (χ1n) is 17.2. The zero-order valence-corrected chi connectivity index (χ0v) is 28.7. The van der Waals surface area contributed by atoms with E-state index in [1.807, 2.05) is 6.07 Å². The Morgan fingerprint density at radius 2 is 1.46 bits per heavy atom. The predicted octanol–water partition coefficient (Wildman–Crippen LogP) is 7.57. The van der Waals surface area contributed by atoms with Gasteiger partial charge in [-0.05, 0) is 137 Å². The Balaban J connectivity index is 1.29. The lowest BCUT2D eigenvalue weighted by molar-refractivity contribution is 0.174. The van der Waals surface area contributed by atoms with Gasteiger partial charge in [0.05, 0.1) is 14.2 Å². The van der Waals surface area contributed by atoms with Crippen LogP contribution in [0.15, 0.2) is 60.7 Å². The maximum Gasteiger partial charge on any atom is 0.212 e. The van der Waals surface area contributed by atoms with Crippen molar-refractivity contribution in [2.24, 2.45) is 0 Å². The number of methoxy groups -OCH3 is 2. The van der Waals surface area contributed by atoms with E-state index in [9.17, 15) is 0 Å². The minimum atomic E-state index is 0.110. The van der Waals surface area contributed by atoms with Gasteiger partial charge in [0, 0.05) is 30.7 Å². The van der Waals surface area contributed by atoms with Crippen molar-refractivity contribution in [1.82, 2.24) is 14.7 Å². The van der Waals surface area contributed by atoms with Crippen molar-refractivity contribution in [3.63, 3.8) is 0 Å². The molecule has 0 amide bonds. The topological polar surface area (TPSA) is 55.9 Å². The molecule has 0 radical (unpaired) electrons. The van der Waals surface area contributed by atoms with E-state index in [4.69, 9.17) is 23.7 Å². The van der Waals surface area contributed by atoms with E-state index in [1.54, 1.807) is 14.2 Å². The molecule has 5 aliphatic heterocycles. The minimum Gasteiger partial charge on any atom is -0.493 e. The molecule has 48 heavy (non-hydrogen) atoms. The molecule has 0 aromatic heterocycles. The van der Waals surface area contributed by atoms with Gasteiger partial charge in [0.15, 0.2) is 34.5 Å². The molecule has 7 bridgehead atoms. The normalized spacial score (nSPS) is 19.6. The highest BCUT2D eigenvalue weighted by Gasteiger charge is 2.37. The fourth-order valence-electron chi connectivity index (χ4n) is 7.97. The second-order valence-electron chi connectivity index (χ2n) is 13.9. The first kappa shape index (κ1) is 31.1. The highest BCUT2D eigenvalue weighted by molar-refractivity contribution is 5.67. The predicted molar refractivity (Wildman–Crippen MR) is 187 cm³/mol. The number of fused-ring (bicyclic) bond motifs is 2. The van der Waals surface area contributed by atoms with Crippen LogP contribution in [0.3, 0.4) is 0 Å². The van der Waals surface area contributed by atoms with Gasteiger partial charge in [-0.1, -0.05) is 18.2 Å². The van der Waals surface area contributed by atoms with E-state index >= 15 is 0 Å². The maximum absolute atomic E-state index is 7.01. The van der Waals surface area contributed by atoms with Crippen LogP contribution in [-0.4, -0.2) is 76.2 Å². The third kappa shape index (κ3) is 5.66. The monoisotopic (exact) mass is 647 g/mol. The van der Waals surface area contributed by atoms with Crippen LogP contribution in [0, 0.1) is 0 Å². The van der Waals surface area contributed by atoms with Gasteiger partial charge in [0.1, 0.15) is 5.75 Å². The van der Waals surface area contributed by atoms with Crippen LogP contribution in [0.5, 0.6) is 46.0 Å². The third-order valence-corrected chi connectivity index (χ3v) is 10.5. The smallest absolute Gasteiger partial charge is 0.212 e. The summed E-state index contributed by atoms with van der Waals surface area (Å²) in [5.41, 5.74) is 7.47. The number of hydrogen-bond donors (Lipinski definition) is 0. The van der Waals surface area contributed by atoms with Gasteiger partial charge in [-0.3, -0.25) is 9.80 Å². The van der Waals surface area contributed by atoms with Crippen LogP contribution < -0.4 is 23.7 Å². The van der Waals surface area contributed by atoms with Crippen molar-refractivity contribution in [2.45, 2.75) is 44.2 Å². The lowest BCUT2D eigenvalue weighted by Gasteiger charge is -2.40. The van der Waals surface area contributed by atoms with Crippen LogP contribution in [0.25, 0.3) is 0 Å². The zero-order chi connectivity index (χ0) is 32.9. The summed E-state index contributed by atoms with van der Waals surface area (Å²) in [5, 5.41) is 0. The van der Waals surface area contributed by atoms with Crippen LogP contribution in [0.4, 0.5) is 0 Å². The zero-order valence-electron chi connectivity index (χ0n) is 28.7. The largest absolute Gasteiger partial charge is 0.493 e. The molecule has 2 atom stereocenters. The van der Waals surface area contributed by atoms with Crippen LogP contribution in [0.2, 0.25) is 0 Å². The number of ether oxygens (including phenoxy) is 5. The van der Waals surface area contributed by atoms with Gasteiger partial charge >= 0.3 is 0 Å². The first-order valence-corrected chi connectivity index (χ1v) is 17.2. The van der Waals surface area contributed by atoms with Crippen molar-refractivity contribution in [3.05, 3.63) is 94.0 Å². The lowest BCUT2D eigenvalue weighted by Crippen LogP contribution is -2.38. The second kappa shape index (κ2) is 12.7. The molecule has 0 spiro atoms. The van der Waals surface area contributed by atoms with E-state index in [1.165, 1.54) is 33.4 Å². The van der Waals surface area contributed by atoms with E-state index < -0.39 is 0 Å². The summed E-state index contributed by atoms with van der Waals surface area (Å²) >= 11 is 0. The summed E-state index contributed by atoms with van der Waals surface area (Å²) in [7, 11) is 9.91. The molecule has 0 saturated heterocycles. The SMILES string of the molecule is COc1ccc2cc1Oc1ccc(cc1)CC1c3c(cc(OC)c4c3Oc3cc5c(cc3O4)CCN(CCCN(C)C)C5C2)CCN1C. The minimum absolute atomic E-state index is 0.110. The second-order valence-corrected chi connectivity index (χ2v) is 13.9. The quantitative estimate of drug-likeness (QED) is 0.187. The van der Waals surface area contributed by atoms with E-state index in [-0.39, 0.29) is 12.1 Å². The van der Waals surface area contributed by atoms with Gasteiger partial charge in [0.2, 0.25) is 5.75 Å². The van der Waals surface area contributed by atoms with Gasteiger partial charge in [-0.15, -0.1) is 0 Å². The van der Waals surface area contributed by atoms with Gasteiger partial charge in [-0.25, -0.2) is 0 Å². The summed E-state index contributed by atoms with van der Waals surface area (Å²) in [5.74, 6) is 5.95. The highest BCUT2D eigenvalue weighted by Crippen LogP contribution is 2.56.